The van der Waals surface area contributed by atoms with Crippen molar-refractivity contribution in [2.75, 3.05) is 6.54 Å². The lowest BCUT2D eigenvalue weighted by molar-refractivity contribution is 0.475. The second kappa shape index (κ2) is 2.89. The third-order valence-electron chi connectivity index (χ3n) is 1.99. The molecule has 0 bridgehead atoms. The zero-order valence-electron chi connectivity index (χ0n) is 6.75. The van der Waals surface area contributed by atoms with Crippen LogP contribution in [0.25, 0.3) is 5.70 Å². The van der Waals surface area contributed by atoms with Crippen LogP contribution in [0.15, 0.2) is 30.3 Å². The molecule has 0 saturated carbocycles. The third-order valence-corrected chi connectivity index (χ3v) is 1.99. The van der Waals surface area contributed by atoms with Crippen molar-refractivity contribution in [1.29, 1.82) is 0 Å². The van der Waals surface area contributed by atoms with E-state index in [0.29, 0.717) is 5.75 Å². The zero-order valence-corrected chi connectivity index (χ0v) is 6.75. The minimum absolute atomic E-state index is 0.317. The molecule has 0 unspecified atom stereocenters. The summed E-state index contributed by atoms with van der Waals surface area (Å²) in [5.41, 5.74) is 2.32. The van der Waals surface area contributed by atoms with Crippen LogP contribution in [0.4, 0.5) is 0 Å². The highest BCUT2D eigenvalue weighted by Crippen LogP contribution is 2.18. The predicted molar refractivity (Wildman–Crippen MR) is 48.7 cm³/mol. The summed E-state index contributed by atoms with van der Waals surface area (Å²) in [6.07, 6.45) is 3.27. The average Bonchev–Trinajstić information content (AvgIpc) is 2.58. The van der Waals surface area contributed by atoms with Gasteiger partial charge in [0, 0.05) is 12.2 Å². The highest BCUT2D eigenvalue weighted by molar-refractivity contribution is 5.65. The number of rotatable bonds is 1. The van der Waals surface area contributed by atoms with Crippen LogP contribution >= 0.6 is 0 Å². The van der Waals surface area contributed by atoms with E-state index in [9.17, 15) is 0 Å². The van der Waals surface area contributed by atoms with Crippen molar-refractivity contribution >= 4 is 5.70 Å². The largest absolute Gasteiger partial charge is 0.508 e. The van der Waals surface area contributed by atoms with Crippen molar-refractivity contribution < 1.29 is 5.11 Å². The lowest BCUT2D eigenvalue weighted by atomic mass is 10.1. The number of aromatic hydroxyl groups is 1. The number of hydrogen-bond donors (Lipinski definition) is 2. The van der Waals surface area contributed by atoms with E-state index in [2.05, 4.69) is 11.4 Å². The minimum atomic E-state index is 0.317. The van der Waals surface area contributed by atoms with Gasteiger partial charge < -0.3 is 10.4 Å². The van der Waals surface area contributed by atoms with Crippen LogP contribution in [0, 0.1) is 0 Å². The Bertz CT molecular complexity index is 300. The van der Waals surface area contributed by atoms with Crippen molar-refractivity contribution in [3.63, 3.8) is 0 Å². The molecular formula is C10H11NO. The van der Waals surface area contributed by atoms with Crippen molar-refractivity contribution in [2.45, 2.75) is 6.42 Å². The summed E-state index contributed by atoms with van der Waals surface area (Å²) in [7, 11) is 0. The summed E-state index contributed by atoms with van der Waals surface area (Å²) in [5, 5.41) is 12.3. The molecule has 1 aromatic carbocycles. The molecule has 12 heavy (non-hydrogen) atoms. The van der Waals surface area contributed by atoms with Crippen LogP contribution in [-0.4, -0.2) is 11.7 Å². The Morgan fingerprint density at radius 2 is 1.92 bits per heavy atom. The molecule has 1 aliphatic heterocycles. The smallest absolute Gasteiger partial charge is 0.115 e. The molecule has 0 saturated heterocycles. The Labute approximate surface area is 71.5 Å². The van der Waals surface area contributed by atoms with E-state index in [4.69, 9.17) is 5.11 Å². The minimum Gasteiger partial charge on any atom is -0.508 e. The van der Waals surface area contributed by atoms with Gasteiger partial charge in [0.05, 0.1) is 0 Å². The van der Waals surface area contributed by atoms with Crippen LogP contribution in [0.3, 0.4) is 0 Å². The Hall–Kier alpha value is -1.44. The molecule has 0 atom stereocenters. The lowest BCUT2D eigenvalue weighted by Crippen LogP contribution is -2.05. The van der Waals surface area contributed by atoms with Crippen molar-refractivity contribution in [2.24, 2.45) is 0 Å². The average molecular weight is 161 g/mol. The molecule has 62 valence electrons. The molecule has 1 aromatic rings. The SMILES string of the molecule is Oc1ccc(C2=CCCN2)cc1. The van der Waals surface area contributed by atoms with Gasteiger partial charge in [-0.25, -0.2) is 0 Å². The van der Waals surface area contributed by atoms with Gasteiger partial charge >= 0.3 is 0 Å². The quantitative estimate of drug-likeness (QED) is 0.657. The second-order valence-electron chi connectivity index (χ2n) is 2.88. The third kappa shape index (κ3) is 1.28. The summed E-state index contributed by atoms with van der Waals surface area (Å²) >= 11 is 0. The van der Waals surface area contributed by atoms with Gasteiger partial charge in [0.15, 0.2) is 0 Å². The number of nitrogens with one attached hydrogen (secondary N) is 1. The fourth-order valence-corrected chi connectivity index (χ4v) is 1.36. The van der Waals surface area contributed by atoms with Crippen molar-refractivity contribution in [3.8, 4) is 5.75 Å². The normalized spacial score (nSPS) is 15.5. The number of hydrogen-bond acceptors (Lipinski definition) is 2. The predicted octanol–water partition coefficient (Wildman–Crippen LogP) is 1.73. The van der Waals surface area contributed by atoms with Gasteiger partial charge in [0.2, 0.25) is 0 Å². The van der Waals surface area contributed by atoms with E-state index < -0.39 is 0 Å². The first-order chi connectivity index (χ1) is 5.86. The standard InChI is InChI=1S/C10H11NO/c12-9-5-3-8(4-6-9)10-2-1-7-11-10/h2-6,11-12H,1,7H2. The van der Waals surface area contributed by atoms with Gasteiger partial charge in [-0.3, -0.25) is 0 Å². The molecule has 0 aromatic heterocycles. The molecular weight excluding hydrogens is 150 g/mol. The maximum atomic E-state index is 9.06. The van der Waals surface area contributed by atoms with Crippen LogP contribution in [0.1, 0.15) is 12.0 Å². The first-order valence-corrected chi connectivity index (χ1v) is 4.10. The Morgan fingerprint density at radius 1 is 1.17 bits per heavy atom. The van der Waals surface area contributed by atoms with E-state index >= 15 is 0 Å². The monoisotopic (exact) mass is 161 g/mol. The summed E-state index contributed by atoms with van der Waals surface area (Å²) in [5.74, 6) is 0.317. The van der Waals surface area contributed by atoms with Gasteiger partial charge in [-0.15, -0.1) is 0 Å². The first kappa shape index (κ1) is 7.22. The molecule has 0 aliphatic carbocycles. The second-order valence-corrected chi connectivity index (χ2v) is 2.88. The molecule has 0 spiro atoms. The fraction of sp³-hybridized carbons (Fsp3) is 0.200. The molecule has 2 rings (SSSR count). The molecule has 0 fully saturated rings. The lowest BCUT2D eigenvalue weighted by Gasteiger charge is -2.03. The summed E-state index contributed by atoms with van der Waals surface area (Å²) < 4.78 is 0. The summed E-state index contributed by atoms with van der Waals surface area (Å²) in [6.45, 7) is 1.02. The maximum absolute atomic E-state index is 9.06. The van der Waals surface area contributed by atoms with Gasteiger partial charge in [0.1, 0.15) is 5.75 Å². The number of benzene rings is 1. The highest BCUT2D eigenvalue weighted by atomic mass is 16.3. The van der Waals surface area contributed by atoms with Gasteiger partial charge in [-0.1, -0.05) is 6.08 Å². The Kier molecular flexibility index (Phi) is 1.74. The summed E-state index contributed by atoms with van der Waals surface area (Å²) in [4.78, 5) is 0. The van der Waals surface area contributed by atoms with Gasteiger partial charge in [-0.2, -0.15) is 0 Å². The number of phenolic OH excluding ortho intramolecular Hbond substituents is 1. The molecule has 2 nitrogen and oxygen atoms in total. The van der Waals surface area contributed by atoms with Crippen LogP contribution in [0.5, 0.6) is 5.75 Å². The molecule has 0 radical (unpaired) electrons. The van der Waals surface area contributed by atoms with Crippen LogP contribution < -0.4 is 5.32 Å². The maximum Gasteiger partial charge on any atom is 0.115 e. The van der Waals surface area contributed by atoms with Crippen LogP contribution in [-0.2, 0) is 0 Å². The van der Waals surface area contributed by atoms with Crippen molar-refractivity contribution in [3.05, 3.63) is 35.9 Å². The first-order valence-electron chi connectivity index (χ1n) is 4.10. The fourth-order valence-electron chi connectivity index (χ4n) is 1.36. The molecule has 1 aliphatic rings. The highest BCUT2D eigenvalue weighted by Gasteiger charge is 2.04. The number of phenols is 1. The Balaban J connectivity index is 2.28. The molecule has 0 amide bonds. The topological polar surface area (TPSA) is 32.3 Å². The Morgan fingerprint density at radius 3 is 2.50 bits per heavy atom. The van der Waals surface area contributed by atoms with Gasteiger partial charge in [-0.05, 0) is 36.2 Å². The zero-order chi connectivity index (χ0) is 8.39. The van der Waals surface area contributed by atoms with Crippen LogP contribution in [0.2, 0.25) is 0 Å². The van der Waals surface area contributed by atoms with E-state index in [-0.39, 0.29) is 0 Å². The molecule has 2 N–H and O–H groups in total. The van der Waals surface area contributed by atoms with E-state index in [1.54, 1.807) is 12.1 Å². The van der Waals surface area contributed by atoms with Crippen molar-refractivity contribution in [1.82, 2.24) is 5.32 Å². The van der Waals surface area contributed by atoms with E-state index in [1.807, 2.05) is 12.1 Å². The molecule has 2 heteroatoms. The van der Waals surface area contributed by atoms with Gasteiger partial charge in [0.25, 0.3) is 0 Å². The van der Waals surface area contributed by atoms with E-state index in [0.717, 1.165) is 18.5 Å². The molecule has 1 heterocycles. The summed E-state index contributed by atoms with van der Waals surface area (Å²) in [6, 6.07) is 7.24. The van der Waals surface area contributed by atoms with E-state index in [1.165, 1.54) is 5.70 Å².